The summed E-state index contributed by atoms with van der Waals surface area (Å²) in [6.45, 7) is 4.47. The molecule has 0 N–H and O–H groups in total. The predicted molar refractivity (Wildman–Crippen MR) is 97.7 cm³/mol. The van der Waals surface area contributed by atoms with E-state index in [1.165, 1.54) is 29.8 Å². The second-order valence-electron chi connectivity index (χ2n) is 5.71. The molecule has 4 heteroatoms. The first-order chi connectivity index (χ1) is 12.0. The van der Waals surface area contributed by atoms with Gasteiger partial charge in [-0.25, -0.2) is 4.39 Å². The predicted octanol–water partition coefficient (Wildman–Crippen LogP) is 5.08. The van der Waals surface area contributed by atoms with Crippen LogP contribution in [0, 0.1) is 5.82 Å². The third-order valence-corrected chi connectivity index (χ3v) is 3.45. The van der Waals surface area contributed by atoms with Gasteiger partial charge < -0.3 is 9.47 Å². The minimum Gasteiger partial charge on any atom is -0.493 e. The first kappa shape index (κ1) is 18.5. The highest BCUT2D eigenvalue weighted by atomic mass is 19.1. The number of benzene rings is 2. The summed E-state index contributed by atoms with van der Waals surface area (Å²) in [5.41, 5.74) is 2.27. The van der Waals surface area contributed by atoms with Crippen LogP contribution < -0.4 is 9.47 Å². The molecule has 0 atom stereocenters. The molecule has 0 bridgehead atoms. The van der Waals surface area contributed by atoms with Gasteiger partial charge in [0.15, 0.2) is 17.3 Å². The summed E-state index contributed by atoms with van der Waals surface area (Å²) in [5, 5.41) is 0. The normalized spacial score (nSPS) is 10.6. The molecular weight excluding hydrogens is 319 g/mol. The summed E-state index contributed by atoms with van der Waals surface area (Å²) in [6.07, 6.45) is 5.05. The molecule has 0 unspecified atom stereocenters. The maximum atomic E-state index is 13.2. The van der Waals surface area contributed by atoms with E-state index in [0.717, 1.165) is 5.56 Å². The van der Waals surface area contributed by atoms with E-state index in [4.69, 9.17) is 9.47 Å². The molecule has 0 heterocycles. The maximum absolute atomic E-state index is 13.2. The molecule has 0 aromatic heterocycles. The average molecular weight is 340 g/mol. The van der Waals surface area contributed by atoms with E-state index in [-0.39, 0.29) is 5.78 Å². The topological polar surface area (TPSA) is 35.5 Å². The van der Waals surface area contributed by atoms with Crippen LogP contribution >= 0.6 is 0 Å². The first-order valence-electron chi connectivity index (χ1n) is 7.92. The van der Waals surface area contributed by atoms with Crippen molar-refractivity contribution in [3.05, 3.63) is 77.1 Å². The molecule has 0 saturated carbocycles. The number of methoxy groups -OCH3 is 1. The molecule has 2 rings (SSSR count). The second-order valence-corrected chi connectivity index (χ2v) is 5.71. The van der Waals surface area contributed by atoms with Crippen LogP contribution in [-0.2, 0) is 0 Å². The van der Waals surface area contributed by atoms with Gasteiger partial charge in [0.05, 0.1) is 7.11 Å². The monoisotopic (exact) mass is 340 g/mol. The Morgan fingerprint density at radius 2 is 1.92 bits per heavy atom. The van der Waals surface area contributed by atoms with Crippen LogP contribution in [0.25, 0.3) is 6.08 Å². The van der Waals surface area contributed by atoms with Gasteiger partial charge >= 0.3 is 0 Å². The van der Waals surface area contributed by atoms with Crippen LogP contribution in [0.2, 0.25) is 0 Å². The number of hydrogen-bond donors (Lipinski definition) is 0. The van der Waals surface area contributed by atoms with E-state index in [0.29, 0.717) is 23.7 Å². The molecule has 0 amide bonds. The van der Waals surface area contributed by atoms with Crippen LogP contribution in [-0.4, -0.2) is 19.5 Å². The highest BCUT2D eigenvalue weighted by Gasteiger charge is 2.06. The SMILES string of the molecule is COc1cc(/C=C/C(=O)c2cccc(F)c2)ccc1OCC=C(C)C. The molecule has 0 aliphatic carbocycles. The zero-order valence-corrected chi connectivity index (χ0v) is 14.6. The van der Waals surface area contributed by atoms with Gasteiger partial charge in [-0.2, -0.15) is 0 Å². The van der Waals surface area contributed by atoms with E-state index in [9.17, 15) is 9.18 Å². The number of rotatable bonds is 7. The lowest BCUT2D eigenvalue weighted by atomic mass is 10.1. The summed E-state index contributed by atoms with van der Waals surface area (Å²) in [5.74, 6) is 0.525. The first-order valence-corrected chi connectivity index (χ1v) is 7.92. The number of carbonyl (C=O) groups is 1. The molecule has 3 nitrogen and oxygen atoms in total. The molecule has 0 spiro atoms. The van der Waals surface area contributed by atoms with Gasteiger partial charge in [-0.15, -0.1) is 0 Å². The highest BCUT2D eigenvalue weighted by Crippen LogP contribution is 2.28. The minimum atomic E-state index is -0.432. The van der Waals surface area contributed by atoms with Crippen LogP contribution in [0.4, 0.5) is 4.39 Å². The van der Waals surface area contributed by atoms with Gasteiger partial charge in [0.2, 0.25) is 0 Å². The molecule has 25 heavy (non-hydrogen) atoms. The third-order valence-electron chi connectivity index (χ3n) is 3.45. The Balaban J connectivity index is 2.11. The van der Waals surface area contributed by atoms with Crippen molar-refractivity contribution in [2.45, 2.75) is 13.8 Å². The number of halogens is 1. The van der Waals surface area contributed by atoms with Crippen molar-refractivity contribution in [3.63, 3.8) is 0 Å². The second kappa shape index (κ2) is 8.83. The lowest BCUT2D eigenvalue weighted by Gasteiger charge is -2.10. The van der Waals surface area contributed by atoms with E-state index < -0.39 is 5.82 Å². The summed E-state index contributed by atoms with van der Waals surface area (Å²) in [6, 6.07) is 11.0. The van der Waals surface area contributed by atoms with Crippen molar-refractivity contribution in [3.8, 4) is 11.5 Å². The number of ether oxygens (including phenoxy) is 2. The molecule has 2 aromatic carbocycles. The Morgan fingerprint density at radius 3 is 2.60 bits per heavy atom. The zero-order valence-electron chi connectivity index (χ0n) is 14.6. The fourth-order valence-electron chi connectivity index (χ4n) is 2.12. The van der Waals surface area contributed by atoms with E-state index in [1.54, 1.807) is 31.4 Å². The molecular formula is C21H21FO3. The van der Waals surface area contributed by atoms with Crippen LogP contribution in [0.5, 0.6) is 11.5 Å². The molecule has 130 valence electrons. The van der Waals surface area contributed by atoms with Gasteiger partial charge in [-0.3, -0.25) is 4.79 Å². The fraction of sp³-hybridized carbons (Fsp3) is 0.190. The third kappa shape index (κ3) is 5.60. The largest absolute Gasteiger partial charge is 0.493 e. The van der Waals surface area contributed by atoms with Crippen LogP contribution in [0.3, 0.4) is 0 Å². The van der Waals surface area contributed by atoms with E-state index in [2.05, 4.69) is 0 Å². The lowest BCUT2D eigenvalue weighted by Crippen LogP contribution is -1.97. The molecule has 0 fully saturated rings. The van der Waals surface area contributed by atoms with Crippen molar-refractivity contribution in [1.29, 1.82) is 0 Å². The summed E-state index contributed by atoms with van der Waals surface area (Å²) in [7, 11) is 1.56. The molecule has 0 aliphatic heterocycles. The van der Waals surface area contributed by atoms with E-state index >= 15 is 0 Å². The Kier molecular flexibility index (Phi) is 6.52. The van der Waals surface area contributed by atoms with Crippen LogP contribution in [0.1, 0.15) is 29.8 Å². The molecule has 0 aliphatic rings. The van der Waals surface area contributed by atoms with Crippen molar-refractivity contribution < 1.29 is 18.7 Å². The van der Waals surface area contributed by atoms with Crippen molar-refractivity contribution in [2.24, 2.45) is 0 Å². The van der Waals surface area contributed by atoms with Gasteiger partial charge in [-0.05, 0) is 55.8 Å². The fourth-order valence-corrected chi connectivity index (χ4v) is 2.12. The Morgan fingerprint density at radius 1 is 1.12 bits per heavy atom. The lowest BCUT2D eigenvalue weighted by molar-refractivity contribution is 0.104. The zero-order chi connectivity index (χ0) is 18.2. The van der Waals surface area contributed by atoms with Gasteiger partial charge in [0, 0.05) is 5.56 Å². The van der Waals surface area contributed by atoms with Gasteiger partial charge in [0.25, 0.3) is 0 Å². The van der Waals surface area contributed by atoms with Crippen LogP contribution in [0.15, 0.2) is 60.2 Å². The maximum Gasteiger partial charge on any atom is 0.185 e. The smallest absolute Gasteiger partial charge is 0.185 e. The van der Waals surface area contributed by atoms with Crippen molar-refractivity contribution >= 4 is 11.9 Å². The molecule has 2 aromatic rings. The van der Waals surface area contributed by atoms with Crippen molar-refractivity contribution in [1.82, 2.24) is 0 Å². The molecule has 0 radical (unpaired) electrons. The number of carbonyl (C=O) groups excluding carboxylic acids is 1. The van der Waals surface area contributed by atoms with E-state index in [1.807, 2.05) is 26.0 Å². The number of ketones is 1. The number of hydrogen-bond acceptors (Lipinski definition) is 3. The van der Waals surface area contributed by atoms with Crippen molar-refractivity contribution in [2.75, 3.05) is 13.7 Å². The summed E-state index contributed by atoms with van der Waals surface area (Å²) < 4.78 is 24.2. The highest BCUT2D eigenvalue weighted by molar-refractivity contribution is 6.06. The standard InChI is InChI=1S/C21H21FO3/c1-15(2)11-12-25-20-10-8-16(13-21(20)24-3)7-9-19(23)17-5-4-6-18(22)14-17/h4-11,13-14H,12H2,1-3H3/b9-7+. The molecule has 0 saturated heterocycles. The Bertz CT molecular complexity index is 803. The average Bonchev–Trinajstić information content (AvgIpc) is 2.60. The van der Waals surface area contributed by atoms with Gasteiger partial charge in [-0.1, -0.05) is 29.8 Å². The summed E-state index contributed by atoms with van der Waals surface area (Å²) in [4.78, 5) is 12.1. The summed E-state index contributed by atoms with van der Waals surface area (Å²) >= 11 is 0. The number of allylic oxidation sites excluding steroid dienone is 2. The quantitative estimate of drug-likeness (QED) is 0.401. The Labute approximate surface area is 147 Å². The minimum absolute atomic E-state index is 0.262. The Hall–Kier alpha value is -2.88. The van der Waals surface area contributed by atoms with Gasteiger partial charge in [0.1, 0.15) is 12.4 Å².